The van der Waals surface area contributed by atoms with E-state index in [1.165, 1.54) is 63.4 Å². The lowest BCUT2D eigenvalue weighted by atomic mass is 9.44. The van der Waals surface area contributed by atoms with Crippen LogP contribution in [-0.4, -0.2) is 5.25 Å². The highest BCUT2D eigenvalue weighted by Gasteiger charge is 2.60. The second kappa shape index (κ2) is 5.81. The maximum Gasteiger partial charge on any atom is 0.0937 e. The molecule has 4 aliphatic rings. The summed E-state index contributed by atoms with van der Waals surface area (Å²) in [6.45, 7) is 5.29. The number of rotatable bonds is 1. The largest absolute Gasteiger partial charge is 0.472 e. The molecule has 1 aromatic rings. The van der Waals surface area contributed by atoms with Crippen LogP contribution in [0.4, 0.5) is 0 Å². The third-order valence-corrected chi connectivity index (χ3v) is 10.1. The first-order chi connectivity index (χ1) is 12.0. The molecule has 0 bridgehead atoms. The van der Waals surface area contributed by atoms with Gasteiger partial charge in [0.2, 0.25) is 0 Å². The van der Waals surface area contributed by atoms with Crippen molar-refractivity contribution in [3.63, 3.8) is 0 Å². The first kappa shape index (κ1) is 16.8. The molecule has 1 heterocycles. The zero-order valence-electron chi connectivity index (χ0n) is 15.9. The molecular formula is C23H34OS. The summed E-state index contributed by atoms with van der Waals surface area (Å²) in [5.74, 6) is 4.58. The molecule has 25 heavy (non-hydrogen) atoms. The minimum absolute atomic E-state index is 0.509. The Morgan fingerprint density at radius 3 is 2.56 bits per heavy atom. The number of hydrogen-bond acceptors (Lipinski definition) is 2. The van der Waals surface area contributed by atoms with Crippen LogP contribution in [0.5, 0.6) is 0 Å². The van der Waals surface area contributed by atoms with Crippen molar-refractivity contribution in [2.45, 2.75) is 82.8 Å². The molecule has 0 spiro atoms. The maximum absolute atomic E-state index is 5.45. The van der Waals surface area contributed by atoms with Gasteiger partial charge in [-0.2, -0.15) is 12.6 Å². The van der Waals surface area contributed by atoms with Crippen LogP contribution < -0.4 is 0 Å². The molecule has 1 aromatic heterocycles. The molecule has 0 amide bonds. The summed E-state index contributed by atoms with van der Waals surface area (Å²) in [5.41, 5.74) is 2.59. The van der Waals surface area contributed by atoms with Gasteiger partial charge in [-0.05, 0) is 110 Å². The molecule has 0 N–H and O–H groups in total. The van der Waals surface area contributed by atoms with E-state index in [9.17, 15) is 0 Å². The highest BCUT2D eigenvalue weighted by molar-refractivity contribution is 7.80. The van der Waals surface area contributed by atoms with Gasteiger partial charge in [-0.25, -0.2) is 0 Å². The number of thiol groups is 1. The second-order valence-electron chi connectivity index (χ2n) is 10.3. The first-order valence-electron chi connectivity index (χ1n) is 10.7. The van der Waals surface area contributed by atoms with Crippen molar-refractivity contribution in [3.05, 3.63) is 24.2 Å². The average Bonchev–Trinajstić information content (AvgIpc) is 3.22. The van der Waals surface area contributed by atoms with E-state index < -0.39 is 0 Å². The molecule has 0 aromatic carbocycles. The Hall–Kier alpha value is -0.370. The highest BCUT2D eigenvalue weighted by Crippen LogP contribution is 2.69. The van der Waals surface area contributed by atoms with Crippen LogP contribution in [0.2, 0.25) is 0 Å². The third-order valence-electron chi connectivity index (χ3n) is 9.58. The van der Waals surface area contributed by atoms with Crippen molar-refractivity contribution in [2.75, 3.05) is 0 Å². The Balaban J connectivity index is 1.44. The zero-order valence-corrected chi connectivity index (χ0v) is 16.8. The number of fused-ring (bicyclic) bond motifs is 5. The molecule has 8 atom stereocenters. The Kier molecular flexibility index (Phi) is 3.90. The van der Waals surface area contributed by atoms with Crippen LogP contribution in [0.1, 0.15) is 83.1 Å². The summed E-state index contributed by atoms with van der Waals surface area (Å²) in [4.78, 5) is 0. The van der Waals surface area contributed by atoms with Gasteiger partial charge < -0.3 is 4.42 Å². The normalized spacial score (nSPS) is 52.3. The van der Waals surface area contributed by atoms with Gasteiger partial charge in [0.15, 0.2) is 0 Å². The maximum atomic E-state index is 5.45. The topological polar surface area (TPSA) is 13.1 Å². The molecule has 0 aliphatic heterocycles. The minimum Gasteiger partial charge on any atom is -0.472 e. The molecule has 5 rings (SSSR count). The van der Waals surface area contributed by atoms with Crippen LogP contribution >= 0.6 is 12.6 Å². The van der Waals surface area contributed by atoms with Gasteiger partial charge in [0.1, 0.15) is 0 Å². The number of hydrogen-bond donors (Lipinski definition) is 1. The van der Waals surface area contributed by atoms with Crippen molar-refractivity contribution in [1.82, 2.24) is 0 Å². The van der Waals surface area contributed by atoms with E-state index in [1.807, 2.05) is 12.5 Å². The lowest BCUT2D eigenvalue weighted by molar-refractivity contribution is -0.104. The molecule has 1 nitrogen and oxygen atoms in total. The van der Waals surface area contributed by atoms with Crippen LogP contribution in [0.15, 0.2) is 23.0 Å². The lowest BCUT2D eigenvalue weighted by Gasteiger charge is -2.61. The highest BCUT2D eigenvalue weighted by atomic mass is 32.1. The summed E-state index contributed by atoms with van der Waals surface area (Å²) in [5, 5.41) is 0.667. The SMILES string of the molecule is C[C@]12CC[C@H](S)C[C@H]1CC[C@@H]1[C@@H]2CC[C@]2(C)[C@@H](c3ccoc3)CC[C@@H]12. The van der Waals surface area contributed by atoms with Crippen molar-refractivity contribution in [3.8, 4) is 0 Å². The fourth-order valence-electron chi connectivity index (χ4n) is 8.26. The summed E-state index contributed by atoms with van der Waals surface area (Å²) >= 11 is 4.84. The van der Waals surface area contributed by atoms with Crippen molar-refractivity contribution < 1.29 is 4.42 Å². The Morgan fingerprint density at radius 2 is 1.76 bits per heavy atom. The molecular weight excluding hydrogens is 324 g/mol. The Bertz CT molecular complexity index is 624. The molecule has 4 aliphatic carbocycles. The monoisotopic (exact) mass is 358 g/mol. The summed E-state index contributed by atoms with van der Waals surface area (Å²) < 4.78 is 5.45. The fourth-order valence-corrected chi connectivity index (χ4v) is 8.64. The first-order valence-corrected chi connectivity index (χ1v) is 11.2. The summed E-state index contributed by atoms with van der Waals surface area (Å²) in [6, 6.07) is 2.23. The van der Waals surface area contributed by atoms with Crippen molar-refractivity contribution in [2.24, 2.45) is 34.5 Å². The van der Waals surface area contributed by atoms with E-state index in [1.54, 1.807) is 0 Å². The Morgan fingerprint density at radius 1 is 0.960 bits per heavy atom. The standard InChI is InChI=1S/C23H34OS/c1-22-10-7-17(25)13-16(22)3-4-18-20-6-5-19(15-9-12-24-14-15)23(20,2)11-8-21(18)22/h9,12,14,16-21,25H,3-8,10-11,13H2,1-2H3/t16-,17+,18+,19-,20+,21+,22+,23-/m1/s1. The van der Waals surface area contributed by atoms with E-state index in [-0.39, 0.29) is 0 Å². The van der Waals surface area contributed by atoms with Gasteiger partial charge in [0, 0.05) is 5.25 Å². The van der Waals surface area contributed by atoms with Crippen molar-refractivity contribution in [1.29, 1.82) is 0 Å². The second-order valence-corrected chi connectivity index (χ2v) is 11.0. The van der Waals surface area contributed by atoms with E-state index in [4.69, 9.17) is 17.0 Å². The van der Waals surface area contributed by atoms with Crippen molar-refractivity contribution >= 4 is 12.6 Å². The number of furan rings is 1. The zero-order chi connectivity index (χ0) is 17.2. The van der Waals surface area contributed by atoms with Gasteiger partial charge in [-0.3, -0.25) is 0 Å². The molecule has 0 saturated heterocycles. The van der Waals surface area contributed by atoms with E-state index >= 15 is 0 Å². The molecule has 4 saturated carbocycles. The Labute approximate surface area is 158 Å². The van der Waals surface area contributed by atoms with E-state index in [0.29, 0.717) is 16.1 Å². The van der Waals surface area contributed by atoms with Gasteiger partial charge in [0.05, 0.1) is 12.5 Å². The average molecular weight is 359 g/mol. The van der Waals surface area contributed by atoms with E-state index in [2.05, 4.69) is 19.9 Å². The molecule has 0 radical (unpaired) electrons. The summed E-state index contributed by atoms with van der Waals surface area (Å²) in [6.07, 6.45) is 16.7. The van der Waals surface area contributed by atoms with Crippen LogP contribution in [-0.2, 0) is 0 Å². The van der Waals surface area contributed by atoms with Crippen LogP contribution in [0, 0.1) is 34.5 Å². The molecule has 138 valence electrons. The predicted molar refractivity (Wildman–Crippen MR) is 106 cm³/mol. The van der Waals surface area contributed by atoms with Gasteiger partial charge in [-0.1, -0.05) is 13.8 Å². The molecule has 0 unspecified atom stereocenters. The lowest BCUT2D eigenvalue weighted by Crippen LogP contribution is -2.53. The predicted octanol–water partition coefficient (Wildman–Crippen LogP) is 6.70. The summed E-state index contributed by atoms with van der Waals surface area (Å²) in [7, 11) is 0. The smallest absolute Gasteiger partial charge is 0.0937 e. The quantitative estimate of drug-likeness (QED) is 0.551. The molecule has 4 fully saturated rings. The van der Waals surface area contributed by atoms with Gasteiger partial charge in [-0.15, -0.1) is 0 Å². The third kappa shape index (κ3) is 2.35. The fraction of sp³-hybridized carbons (Fsp3) is 0.826. The molecule has 2 heteroatoms. The van der Waals surface area contributed by atoms with Gasteiger partial charge >= 0.3 is 0 Å². The van der Waals surface area contributed by atoms with Crippen LogP contribution in [0.25, 0.3) is 0 Å². The minimum atomic E-state index is 0.509. The van der Waals surface area contributed by atoms with Crippen LogP contribution in [0.3, 0.4) is 0 Å². The van der Waals surface area contributed by atoms with Gasteiger partial charge in [0.25, 0.3) is 0 Å². The van der Waals surface area contributed by atoms with E-state index in [0.717, 1.165) is 29.6 Å².